The third kappa shape index (κ3) is 5.65. The fourth-order valence-corrected chi connectivity index (χ4v) is 4.15. The van der Waals surface area contributed by atoms with E-state index >= 15 is 0 Å². The van der Waals surface area contributed by atoms with Crippen molar-refractivity contribution in [3.05, 3.63) is 64.2 Å². The Kier molecular flexibility index (Phi) is 7.40. The molecule has 1 fully saturated rings. The van der Waals surface area contributed by atoms with Crippen LogP contribution in [0.2, 0.25) is 0 Å². The van der Waals surface area contributed by atoms with Crippen molar-refractivity contribution in [3.8, 4) is 0 Å². The van der Waals surface area contributed by atoms with E-state index in [0.29, 0.717) is 54.9 Å². The monoisotopic (exact) mass is 480 g/mol. The van der Waals surface area contributed by atoms with E-state index in [-0.39, 0.29) is 17.0 Å². The number of aromatic amines is 1. The Bertz CT molecular complexity index is 1280. The third-order valence-corrected chi connectivity index (χ3v) is 6.07. The number of aromatic nitrogens is 2. The predicted octanol–water partition coefficient (Wildman–Crippen LogP) is 2.43. The number of nitrogens with one attached hydrogen (secondary N) is 2. The average Bonchev–Trinajstić information content (AvgIpc) is 2.86. The van der Waals surface area contributed by atoms with Gasteiger partial charge in [-0.3, -0.25) is 14.4 Å². The molecule has 3 aromatic rings. The number of hydrogen-bond donors (Lipinski definition) is 2. The smallest absolute Gasteiger partial charge is 0.272 e. The topological polar surface area (TPSA) is 102 Å². The van der Waals surface area contributed by atoms with Crippen molar-refractivity contribution in [2.75, 3.05) is 52.1 Å². The minimum atomic E-state index is -0.623. The van der Waals surface area contributed by atoms with Crippen LogP contribution in [0.5, 0.6) is 0 Å². The Morgan fingerprint density at radius 1 is 1.06 bits per heavy atom. The lowest BCUT2D eigenvalue weighted by Gasteiger charge is -2.35. The molecule has 0 spiro atoms. The van der Waals surface area contributed by atoms with Crippen molar-refractivity contribution in [2.45, 2.75) is 12.8 Å². The lowest BCUT2D eigenvalue weighted by Crippen LogP contribution is -2.50. The van der Waals surface area contributed by atoms with Gasteiger partial charge in [0.1, 0.15) is 5.82 Å². The number of halogens is 1. The Labute approximate surface area is 202 Å². The Hall–Kier alpha value is -3.79. The third-order valence-electron chi connectivity index (χ3n) is 6.07. The molecule has 1 saturated heterocycles. The molecule has 10 heteroatoms. The number of carbonyl (C=O) groups excluding carboxylic acids is 2. The van der Waals surface area contributed by atoms with Gasteiger partial charge in [0.15, 0.2) is 5.82 Å². The van der Waals surface area contributed by atoms with E-state index in [1.807, 2.05) is 19.0 Å². The molecule has 1 aromatic heterocycles. The number of H-pyrrole nitrogens is 1. The summed E-state index contributed by atoms with van der Waals surface area (Å²) < 4.78 is 14.6. The number of carbonyl (C=O) groups is 2. The van der Waals surface area contributed by atoms with Gasteiger partial charge in [-0.05, 0) is 51.3 Å². The molecule has 2 N–H and O–H groups in total. The molecular formula is C25H29FN6O3. The van der Waals surface area contributed by atoms with Crippen LogP contribution in [-0.2, 0) is 4.79 Å². The lowest BCUT2D eigenvalue weighted by molar-refractivity contribution is -0.132. The predicted molar refractivity (Wildman–Crippen MR) is 132 cm³/mol. The highest BCUT2D eigenvalue weighted by molar-refractivity contribution is 5.97. The lowest BCUT2D eigenvalue weighted by atomic mass is 10.1. The molecule has 0 bridgehead atoms. The quantitative estimate of drug-likeness (QED) is 0.539. The Balaban J connectivity index is 1.43. The molecule has 0 aliphatic carbocycles. The SMILES string of the molecule is CN(C)CCCC(=O)N1CCN(C(=O)c2cc(Nc3n[nH]c(=O)c4ccccc34)ccc2F)CC1. The van der Waals surface area contributed by atoms with Crippen molar-refractivity contribution in [1.82, 2.24) is 24.9 Å². The van der Waals surface area contributed by atoms with Crippen LogP contribution < -0.4 is 10.9 Å². The largest absolute Gasteiger partial charge is 0.339 e. The van der Waals surface area contributed by atoms with Crippen LogP contribution in [0.3, 0.4) is 0 Å². The highest BCUT2D eigenvalue weighted by Gasteiger charge is 2.26. The second-order valence-corrected chi connectivity index (χ2v) is 8.85. The first-order chi connectivity index (χ1) is 16.8. The number of rotatable bonds is 7. The van der Waals surface area contributed by atoms with Crippen LogP contribution in [0.4, 0.5) is 15.9 Å². The molecule has 0 unspecified atom stereocenters. The van der Waals surface area contributed by atoms with E-state index in [0.717, 1.165) is 13.0 Å². The van der Waals surface area contributed by atoms with Crippen LogP contribution in [0.15, 0.2) is 47.3 Å². The summed E-state index contributed by atoms with van der Waals surface area (Å²) in [6.07, 6.45) is 1.26. The van der Waals surface area contributed by atoms with E-state index in [2.05, 4.69) is 15.5 Å². The molecular weight excluding hydrogens is 451 g/mol. The van der Waals surface area contributed by atoms with E-state index in [1.165, 1.54) is 18.2 Å². The highest BCUT2D eigenvalue weighted by atomic mass is 19.1. The zero-order valence-electron chi connectivity index (χ0n) is 19.9. The van der Waals surface area contributed by atoms with Crippen LogP contribution >= 0.6 is 0 Å². The maximum Gasteiger partial charge on any atom is 0.272 e. The summed E-state index contributed by atoms with van der Waals surface area (Å²) >= 11 is 0. The molecule has 1 aliphatic rings. The summed E-state index contributed by atoms with van der Waals surface area (Å²) in [5.41, 5.74) is 0.0973. The molecule has 35 heavy (non-hydrogen) atoms. The number of benzene rings is 2. The van der Waals surface area contributed by atoms with Crippen molar-refractivity contribution >= 4 is 34.1 Å². The first-order valence-electron chi connectivity index (χ1n) is 11.6. The number of amides is 2. The van der Waals surface area contributed by atoms with Crippen LogP contribution in [0.1, 0.15) is 23.2 Å². The van der Waals surface area contributed by atoms with Crippen molar-refractivity contribution < 1.29 is 14.0 Å². The van der Waals surface area contributed by atoms with Gasteiger partial charge >= 0.3 is 0 Å². The number of fused-ring (bicyclic) bond motifs is 1. The molecule has 4 rings (SSSR count). The van der Waals surface area contributed by atoms with Gasteiger partial charge in [-0.15, -0.1) is 0 Å². The first kappa shape index (κ1) is 24.3. The maximum absolute atomic E-state index is 14.6. The Morgan fingerprint density at radius 2 is 1.74 bits per heavy atom. The van der Waals surface area contributed by atoms with E-state index in [4.69, 9.17) is 0 Å². The first-order valence-corrected chi connectivity index (χ1v) is 11.6. The van der Waals surface area contributed by atoms with Gasteiger partial charge in [0, 0.05) is 43.7 Å². The molecule has 0 saturated carbocycles. The second-order valence-electron chi connectivity index (χ2n) is 8.85. The number of piperazine rings is 1. The summed E-state index contributed by atoms with van der Waals surface area (Å²) in [5, 5.41) is 10.7. The fraction of sp³-hybridized carbons (Fsp3) is 0.360. The zero-order valence-corrected chi connectivity index (χ0v) is 19.9. The van der Waals surface area contributed by atoms with Crippen molar-refractivity contribution in [2.24, 2.45) is 0 Å². The number of anilines is 2. The van der Waals surface area contributed by atoms with E-state index in [9.17, 15) is 18.8 Å². The number of nitrogens with zero attached hydrogens (tertiary/aromatic N) is 4. The minimum absolute atomic E-state index is 0.0607. The van der Waals surface area contributed by atoms with Gasteiger partial charge < -0.3 is 20.0 Å². The van der Waals surface area contributed by atoms with Gasteiger partial charge in [-0.1, -0.05) is 18.2 Å². The maximum atomic E-state index is 14.6. The van der Waals surface area contributed by atoms with Crippen LogP contribution in [-0.4, -0.2) is 83.5 Å². The van der Waals surface area contributed by atoms with Gasteiger partial charge in [-0.25, -0.2) is 9.49 Å². The molecule has 0 radical (unpaired) electrons. The average molecular weight is 481 g/mol. The normalized spacial score (nSPS) is 13.9. The van der Waals surface area contributed by atoms with Gasteiger partial charge in [0.05, 0.1) is 10.9 Å². The van der Waals surface area contributed by atoms with E-state index in [1.54, 1.807) is 34.1 Å². The van der Waals surface area contributed by atoms with Crippen LogP contribution in [0.25, 0.3) is 10.8 Å². The fourth-order valence-electron chi connectivity index (χ4n) is 4.15. The summed E-state index contributed by atoms with van der Waals surface area (Å²) in [6, 6.07) is 11.2. The van der Waals surface area contributed by atoms with E-state index < -0.39 is 11.7 Å². The summed E-state index contributed by atoms with van der Waals surface area (Å²) in [7, 11) is 3.94. The summed E-state index contributed by atoms with van der Waals surface area (Å²) in [6.45, 7) is 2.40. The molecule has 0 atom stereocenters. The molecule has 2 amide bonds. The van der Waals surface area contributed by atoms with Gasteiger partial charge in [0.25, 0.3) is 11.5 Å². The molecule has 2 heterocycles. The van der Waals surface area contributed by atoms with Gasteiger partial charge in [-0.2, -0.15) is 5.10 Å². The Morgan fingerprint density at radius 3 is 2.46 bits per heavy atom. The molecule has 2 aromatic carbocycles. The van der Waals surface area contributed by atoms with Gasteiger partial charge in [0.2, 0.25) is 5.91 Å². The summed E-state index contributed by atoms with van der Waals surface area (Å²) in [5.74, 6) is -0.573. The van der Waals surface area contributed by atoms with Crippen LogP contribution in [0, 0.1) is 5.82 Å². The summed E-state index contributed by atoms with van der Waals surface area (Å²) in [4.78, 5) is 42.9. The highest BCUT2D eigenvalue weighted by Crippen LogP contribution is 2.24. The standard InChI is InChI=1S/C25H29FN6O3/c1-30(2)11-5-8-22(33)31-12-14-32(15-13-31)25(35)20-16-17(9-10-21(20)26)27-23-18-6-3-4-7-19(18)24(34)29-28-23/h3-4,6-7,9-10,16H,5,8,11-15H2,1-2H3,(H,27,28)(H,29,34). The van der Waals surface area contributed by atoms with Crippen molar-refractivity contribution in [3.63, 3.8) is 0 Å². The molecule has 1 aliphatic heterocycles. The molecule has 184 valence electrons. The zero-order chi connectivity index (χ0) is 24.9. The second kappa shape index (κ2) is 10.6. The number of hydrogen-bond acceptors (Lipinski definition) is 6. The van der Waals surface area contributed by atoms with Crippen molar-refractivity contribution in [1.29, 1.82) is 0 Å². The molecule has 9 nitrogen and oxygen atoms in total. The minimum Gasteiger partial charge on any atom is -0.339 e.